The lowest BCUT2D eigenvalue weighted by Crippen LogP contribution is -2.18. The van der Waals surface area contributed by atoms with Crippen molar-refractivity contribution >= 4 is 12.2 Å². The molecular weight excluding hydrogens is 312 g/mol. The van der Waals surface area contributed by atoms with E-state index in [0.29, 0.717) is 34.7 Å². The van der Waals surface area contributed by atoms with Gasteiger partial charge in [0.15, 0.2) is 16.3 Å². The van der Waals surface area contributed by atoms with Crippen molar-refractivity contribution in [1.29, 1.82) is 0 Å². The molecule has 0 radical (unpaired) electrons. The molecule has 6 heteroatoms. The van der Waals surface area contributed by atoms with Gasteiger partial charge in [0.05, 0.1) is 13.2 Å². The van der Waals surface area contributed by atoms with Crippen molar-refractivity contribution in [2.45, 2.75) is 39.7 Å². The van der Waals surface area contributed by atoms with E-state index in [1.807, 2.05) is 39.0 Å². The third-order valence-corrected chi connectivity index (χ3v) is 3.66. The molecule has 23 heavy (non-hydrogen) atoms. The van der Waals surface area contributed by atoms with Gasteiger partial charge in [0, 0.05) is 17.7 Å². The topological polar surface area (TPSA) is 67.1 Å². The SMILES string of the molecule is CCc1[nH]c(=S)[nH]c(=O)c1Cc1ccc(OC(C)C)c(OC)c1. The largest absolute Gasteiger partial charge is 0.493 e. The van der Waals surface area contributed by atoms with Crippen molar-refractivity contribution < 1.29 is 9.47 Å². The molecule has 0 spiro atoms. The van der Waals surface area contributed by atoms with Crippen LogP contribution in [0.4, 0.5) is 0 Å². The number of benzene rings is 1. The third kappa shape index (κ3) is 4.22. The smallest absolute Gasteiger partial charge is 0.255 e. The van der Waals surface area contributed by atoms with Gasteiger partial charge in [0.1, 0.15) is 0 Å². The molecule has 0 saturated heterocycles. The predicted octanol–water partition coefficient (Wildman–Crippen LogP) is 3.38. The van der Waals surface area contributed by atoms with Crippen molar-refractivity contribution in [2.24, 2.45) is 0 Å². The van der Waals surface area contributed by atoms with Gasteiger partial charge in [-0.25, -0.2) is 0 Å². The summed E-state index contributed by atoms with van der Waals surface area (Å²) >= 11 is 5.03. The third-order valence-electron chi connectivity index (χ3n) is 3.46. The van der Waals surface area contributed by atoms with E-state index >= 15 is 0 Å². The van der Waals surface area contributed by atoms with Crippen LogP contribution in [0, 0.1) is 4.77 Å². The Balaban J connectivity index is 2.38. The van der Waals surface area contributed by atoms with Crippen LogP contribution in [0.25, 0.3) is 0 Å². The van der Waals surface area contributed by atoms with Crippen LogP contribution in [0.1, 0.15) is 37.6 Å². The molecule has 0 fully saturated rings. The summed E-state index contributed by atoms with van der Waals surface area (Å²) in [5.74, 6) is 1.36. The molecule has 0 atom stereocenters. The maximum absolute atomic E-state index is 12.2. The number of H-pyrrole nitrogens is 2. The molecule has 0 unspecified atom stereocenters. The van der Waals surface area contributed by atoms with E-state index in [0.717, 1.165) is 11.3 Å². The predicted molar refractivity (Wildman–Crippen MR) is 93.2 cm³/mol. The second kappa shape index (κ2) is 7.46. The van der Waals surface area contributed by atoms with E-state index in [-0.39, 0.29) is 11.7 Å². The monoisotopic (exact) mass is 334 g/mol. The first-order valence-corrected chi connectivity index (χ1v) is 8.03. The van der Waals surface area contributed by atoms with Gasteiger partial charge in [0.25, 0.3) is 5.56 Å². The van der Waals surface area contributed by atoms with E-state index in [2.05, 4.69) is 9.97 Å². The van der Waals surface area contributed by atoms with Crippen LogP contribution in [0.2, 0.25) is 0 Å². The number of nitrogens with one attached hydrogen (secondary N) is 2. The molecule has 0 aliphatic rings. The van der Waals surface area contributed by atoms with Gasteiger partial charge >= 0.3 is 0 Å². The zero-order chi connectivity index (χ0) is 17.0. The molecule has 1 heterocycles. The number of rotatable bonds is 6. The second-order valence-electron chi connectivity index (χ2n) is 5.55. The number of aryl methyl sites for hydroxylation is 1. The summed E-state index contributed by atoms with van der Waals surface area (Å²) in [5.41, 5.74) is 2.39. The Morgan fingerprint density at radius 3 is 2.57 bits per heavy atom. The normalized spacial score (nSPS) is 10.8. The van der Waals surface area contributed by atoms with Crippen LogP contribution >= 0.6 is 12.2 Å². The Kier molecular flexibility index (Phi) is 5.60. The lowest BCUT2D eigenvalue weighted by molar-refractivity contribution is 0.230. The quantitative estimate of drug-likeness (QED) is 0.795. The molecular formula is C17H22N2O3S. The maximum Gasteiger partial charge on any atom is 0.255 e. The molecule has 5 nitrogen and oxygen atoms in total. The standard InChI is InChI=1S/C17H22N2O3S/c1-5-13-12(16(20)19-17(23)18-13)8-11-6-7-14(22-10(2)3)15(9-11)21-4/h6-7,9-10H,5,8H2,1-4H3,(H2,18,19,20,23). The van der Waals surface area contributed by atoms with Gasteiger partial charge in [-0.15, -0.1) is 0 Å². The number of aromatic nitrogens is 2. The molecule has 2 aromatic rings. The second-order valence-corrected chi connectivity index (χ2v) is 5.96. The van der Waals surface area contributed by atoms with Gasteiger partial charge < -0.3 is 14.5 Å². The lowest BCUT2D eigenvalue weighted by atomic mass is 10.0. The number of hydrogen-bond acceptors (Lipinski definition) is 4. The summed E-state index contributed by atoms with van der Waals surface area (Å²) in [6.45, 7) is 5.92. The molecule has 0 aliphatic carbocycles. The molecule has 1 aromatic carbocycles. The van der Waals surface area contributed by atoms with E-state index in [1.54, 1.807) is 7.11 Å². The Hall–Kier alpha value is -2.08. The fourth-order valence-electron chi connectivity index (χ4n) is 2.43. The van der Waals surface area contributed by atoms with Crippen molar-refractivity contribution in [3.05, 3.63) is 50.1 Å². The van der Waals surface area contributed by atoms with E-state index in [9.17, 15) is 4.79 Å². The Morgan fingerprint density at radius 2 is 1.96 bits per heavy atom. The van der Waals surface area contributed by atoms with Crippen molar-refractivity contribution in [1.82, 2.24) is 9.97 Å². The maximum atomic E-state index is 12.2. The molecule has 0 aliphatic heterocycles. The molecule has 124 valence electrons. The van der Waals surface area contributed by atoms with Gasteiger partial charge in [-0.1, -0.05) is 13.0 Å². The van der Waals surface area contributed by atoms with Gasteiger partial charge in [-0.2, -0.15) is 0 Å². The van der Waals surface area contributed by atoms with Crippen LogP contribution in [0.15, 0.2) is 23.0 Å². The summed E-state index contributed by atoms with van der Waals surface area (Å²) in [4.78, 5) is 17.9. The summed E-state index contributed by atoms with van der Waals surface area (Å²) in [6, 6.07) is 5.72. The average molecular weight is 334 g/mol. The fraction of sp³-hybridized carbons (Fsp3) is 0.412. The Labute approximate surface area is 140 Å². The summed E-state index contributed by atoms with van der Waals surface area (Å²) in [7, 11) is 1.61. The summed E-state index contributed by atoms with van der Waals surface area (Å²) in [6.07, 6.45) is 1.29. The molecule has 0 bridgehead atoms. The number of aromatic amines is 2. The van der Waals surface area contributed by atoms with Gasteiger partial charge in [-0.05, 0) is 50.2 Å². The van der Waals surface area contributed by atoms with Crippen LogP contribution in [-0.2, 0) is 12.8 Å². The fourth-order valence-corrected chi connectivity index (χ4v) is 2.64. The van der Waals surface area contributed by atoms with Crippen LogP contribution in [0.3, 0.4) is 0 Å². The number of hydrogen-bond donors (Lipinski definition) is 2. The van der Waals surface area contributed by atoms with E-state index in [4.69, 9.17) is 21.7 Å². The molecule has 1 aromatic heterocycles. The zero-order valence-electron chi connectivity index (χ0n) is 13.9. The molecule has 2 rings (SSSR count). The van der Waals surface area contributed by atoms with Crippen molar-refractivity contribution in [3.8, 4) is 11.5 Å². The summed E-state index contributed by atoms with van der Waals surface area (Å²) in [5, 5.41) is 0. The molecule has 0 saturated carbocycles. The lowest BCUT2D eigenvalue weighted by Gasteiger charge is -2.15. The average Bonchev–Trinajstić information content (AvgIpc) is 2.50. The molecule has 0 amide bonds. The van der Waals surface area contributed by atoms with Crippen LogP contribution in [-0.4, -0.2) is 23.2 Å². The highest BCUT2D eigenvalue weighted by atomic mass is 32.1. The van der Waals surface area contributed by atoms with Crippen LogP contribution < -0.4 is 15.0 Å². The first-order valence-electron chi connectivity index (χ1n) is 7.62. The Bertz CT molecular complexity index is 793. The first-order chi connectivity index (χ1) is 10.9. The van der Waals surface area contributed by atoms with Gasteiger partial charge in [-0.3, -0.25) is 9.78 Å². The van der Waals surface area contributed by atoms with E-state index in [1.165, 1.54) is 0 Å². The van der Waals surface area contributed by atoms with Gasteiger partial charge in [0.2, 0.25) is 0 Å². The Morgan fingerprint density at radius 1 is 1.22 bits per heavy atom. The van der Waals surface area contributed by atoms with E-state index < -0.39 is 0 Å². The minimum Gasteiger partial charge on any atom is -0.493 e. The minimum atomic E-state index is -0.146. The molecule has 2 N–H and O–H groups in total. The highest BCUT2D eigenvalue weighted by molar-refractivity contribution is 7.71. The highest BCUT2D eigenvalue weighted by Crippen LogP contribution is 2.29. The number of ether oxygens (including phenoxy) is 2. The zero-order valence-corrected chi connectivity index (χ0v) is 14.7. The highest BCUT2D eigenvalue weighted by Gasteiger charge is 2.12. The number of methoxy groups -OCH3 is 1. The summed E-state index contributed by atoms with van der Waals surface area (Å²) < 4.78 is 11.5. The first kappa shape index (κ1) is 17.3. The minimum absolute atomic E-state index is 0.0680. The van der Waals surface area contributed by atoms with Crippen LogP contribution in [0.5, 0.6) is 11.5 Å². The van der Waals surface area contributed by atoms with Crippen molar-refractivity contribution in [2.75, 3.05) is 7.11 Å². The van der Waals surface area contributed by atoms with Crippen molar-refractivity contribution in [3.63, 3.8) is 0 Å².